The highest BCUT2D eigenvalue weighted by Gasteiger charge is 2.26. The summed E-state index contributed by atoms with van der Waals surface area (Å²) in [6.07, 6.45) is 1.56. The van der Waals surface area contributed by atoms with Gasteiger partial charge in [-0.2, -0.15) is 8.42 Å². The second kappa shape index (κ2) is 8.08. The average molecular weight is 432 g/mol. The molecule has 160 valence electrons. The minimum Gasteiger partial charge on any atom is -0.493 e. The lowest BCUT2D eigenvalue weighted by Gasteiger charge is -2.33. The van der Waals surface area contributed by atoms with E-state index in [0.717, 1.165) is 25.3 Å². The molecule has 1 aliphatic rings. The maximum Gasteiger partial charge on any atom is 0.339 e. The van der Waals surface area contributed by atoms with Crippen LogP contribution < -0.4 is 23.9 Å². The number of anilines is 1. The number of rotatable bonds is 6. The fourth-order valence-corrected chi connectivity index (χ4v) is 4.65. The molecule has 2 aromatic carbocycles. The van der Waals surface area contributed by atoms with Crippen LogP contribution in [0.4, 0.5) is 5.69 Å². The van der Waals surface area contributed by atoms with Crippen LogP contribution in [0, 0.1) is 0 Å². The SMILES string of the molecule is COc1cccc(OS(=O)(=O)c2cc(N3CCN[C@H](C)C3)c3occc3c2)c1OC. The van der Waals surface area contributed by atoms with E-state index in [1.54, 1.807) is 36.6 Å². The normalized spacial score (nSPS) is 17.2. The number of para-hydroxylation sites is 1. The van der Waals surface area contributed by atoms with Gasteiger partial charge in [-0.1, -0.05) is 6.07 Å². The van der Waals surface area contributed by atoms with E-state index in [-0.39, 0.29) is 22.4 Å². The Labute approximate surface area is 175 Å². The smallest absolute Gasteiger partial charge is 0.339 e. The third-order valence-electron chi connectivity index (χ3n) is 5.07. The molecule has 1 atom stereocenters. The summed E-state index contributed by atoms with van der Waals surface area (Å²) in [6, 6.07) is 10.0. The lowest BCUT2D eigenvalue weighted by molar-refractivity contribution is 0.343. The molecule has 0 spiro atoms. The van der Waals surface area contributed by atoms with Crippen LogP contribution >= 0.6 is 0 Å². The van der Waals surface area contributed by atoms with E-state index in [9.17, 15) is 8.42 Å². The third-order valence-corrected chi connectivity index (χ3v) is 6.28. The minimum atomic E-state index is -4.13. The predicted octanol–water partition coefficient (Wildman–Crippen LogP) is 3.02. The van der Waals surface area contributed by atoms with Crippen molar-refractivity contribution in [1.29, 1.82) is 0 Å². The molecule has 0 radical (unpaired) electrons. The summed E-state index contributed by atoms with van der Waals surface area (Å²) in [5, 5.41) is 4.08. The molecule has 30 heavy (non-hydrogen) atoms. The number of piperazine rings is 1. The van der Waals surface area contributed by atoms with Gasteiger partial charge in [-0.15, -0.1) is 0 Å². The summed E-state index contributed by atoms with van der Waals surface area (Å²) in [5.41, 5.74) is 1.38. The van der Waals surface area contributed by atoms with Crippen molar-refractivity contribution in [3.63, 3.8) is 0 Å². The molecule has 1 saturated heterocycles. The Hall–Kier alpha value is -2.91. The van der Waals surface area contributed by atoms with E-state index in [2.05, 4.69) is 17.1 Å². The summed E-state index contributed by atoms with van der Waals surface area (Å²) in [6.45, 7) is 4.38. The van der Waals surface area contributed by atoms with Crippen molar-refractivity contribution in [2.45, 2.75) is 17.9 Å². The second-order valence-electron chi connectivity index (χ2n) is 7.11. The fraction of sp³-hybridized carbons (Fsp3) is 0.333. The van der Waals surface area contributed by atoms with Crippen molar-refractivity contribution >= 4 is 26.8 Å². The number of furan rings is 1. The van der Waals surface area contributed by atoms with Crippen molar-refractivity contribution in [2.24, 2.45) is 0 Å². The lowest BCUT2D eigenvalue weighted by Crippen LogP contribution is -2.49. The summed E-state index contributed by atoms with van der Waals surface area (Å²) in [5.74, 6) is 0.650. The number of fused-ring (bicyclic) bond motifs is 1. The van der Waals surface area contributed by atoms with Gasteiger partial charge < -0.3 is 28.3 Å². The number of nitrogens with zero attached hydrogens (tertiary/aromatic N) is 1. The van der Waals surface area contributed by atoms with Crippen molar-refractivity contribution in [1.82, 2.24) is 5.32 Å². The molecule has 9 heteroatoms. The first-order valence-corrected chi connectivity index (χ1v) is 11.0. The minimum absolute atomic E-state index is 0.0439. The maximum atomic E-state index is 13.2. The van der Waals surface area contributed by atoms with E-state index < -0.39 is 10.1 Å². The van der Waals surface area contributed by atoms with E-state index in [0.29, 0.717) is 16.7 Å². The first-order valence-electron chi connectivity index (χ1n) is 9.58. The van der Waals surface area contributed by atoms with Gasteiger partial charge >= 0.3 is 10.1 Å². The Morgan fingerprint density at radius 2 is 1.93 bits per heavy atom. The molecule has 0 amide bonds. The molecule has 0 bridgehead atoms. The number of methoxy groups -OCH3 is 2. The van der Waals surface area contributed by atoms with Gasteiger partial charge in [-0.05, 0) is 37.3 Å². The number of nitrogens with one attached hydrogen (secondary N) is 1. The van der Waals surface area contributed by atoms with Crippen LogP contribution in [-0.2, 0) is 10.1 Å². The highest BCUT2D eigenvalue weighted by Crippen LogP contribution is 2.39. The molecular formula is C21H24N2O6S. The van der Waals surface area contributed by atoms with Gasteiger partial charge in [0.25, 0.3) is 0 Å². The van der Waals surface area contributed by atoms with Crippen LogP contribution in [-0.4, -0.2) is 48.3 Å². The number of benzene rings is 2. The maximum absolute atomic E-state index is 13.2. The van der Waals surface area contributed by atoms with Crippen LogP contribution in [0.2, 0.25) is 0 Å². The molecule has 1 aliphatic heterocycles. The topological polar surface area (TPSA) is 90.2 Å². The first-order chi connectivity index (χ1) is 14.4. The van der Waals surface area contributed by atoms with Gasteiger partial charge in [0.1, 0.15) is 4.90 Å². The largest absolute Gasteiger partial charge is 0.493 e. The van der Waals surface area contributed by atoms with Gasteiger partial charge in [-0.3, -0.25) is 0 Å². The van der Waals surface area contributed by atoms with Crippen LogP contribution in [0.1, 0.15) is 6.92 Å². The van der Waals surface area contributed by atoms with Crippen molar-refractivity contribution in [3.05, 3.63) is 42.7 Å². The molecule has 8 nitrogen and oxygen atoms in total. The Bertz CT molecular complexity index is 1160. The van der Waals surface area contributed by atoms with Gasteiger partial charge in [0.05, 0.1) is 26.2 Å². The van der Waals surface area contributed by atoms with E-state index >= 15 is 0 Å². The van der Waals surface area contributed by atoms with Crippen molar-refractivity contribution < 1.29 is 26.5 Å². The highest BCUT2D eigenvalue weighted by atomic mass is 32.2. The molecule has 3 aromatic rings. The van der Waals surface area contributed by atoms with Gasteiger partial charge in [0, 0.05) is 31.1 Å². The molecule has 1 fully saturated rings. The van der Waals surface area contributed by atoms with E-state index in [1.807, 2.05) is 0 Å². The second-order valence-corrected chi connectivity index (χ2v) is 8.66. The summed E-state index contributed by atoms with van der Waals surface area (Å²) in [7, 11) is -1.23. The molecule has 1 N–H and O–H groups in total. The van der Waals surface area contributed by atoms with Crippen LogP contribution in [0.3, 0.4) is 0 Å². The predicted molar refractivity (Wildman–Crippen MR) is 113 cm³/mol. The van der Waals surface area contributed by atoms with Gasteiger partial charge in [0.2, 0.25) is 5.75 Å². The Morgan fingerprint density at radius 1 is 1.13 bits per heavy atom. The van der Waals surface area contributed by atoms with E-state index in [4.69, 9.17) is 18.1 Å². The number of hydrogen-bond acceptors (Lipinski definition) is 8. The summed E-state index contributed by atoms with van der Waals surface area (Å²) in [4.78, 5) is 2.17. The third kappa shape index (κ3) is 3.78. The number of hydrogen-bond donors (Lipinski definition) is 1. The zero-order valence-corrected chi connectivity index (χ0v) is 17.9. The molecular weight excluding hydrogens is 408 g/mol. The average Bonchev–Trinajstić information content (AvgIpc) is 3.21. The fourth-order valence-electron chi connectivity index (χ4n) is 3.66. The molecule has 1 aromatic heterocycles. The number of ether oxygens (including phenoxy) is 2. The Morgan fingerprint density at radius 3 is 2.67 bits per heavy atom. The molecule has 2 heterocycles. The van der Waals surface area contributed by atoms with Crippen LogP contribution in [0.15, 0.2) is 52.0 Å². The lowest BCUT2D eigenvalue weighted by atomic mass is 10.1. The standard InChI is InChI=1S/C21H24N2O6S/c1-14-13-23(9-8-22-14)17-12-16(11-15-7-10-28-20(15)17)30(24,25)29-19-6-4-5-18(26-2)21(19)27-3/h4-7,10-12,14,22H,8-9,13H2,1-3H3/t14-/m1/s1. The molecule has 0 saturated carbocycles. The highest BCUT2D eigenvalue weighted by molar-refractivity contribution is 7.87. The Balaban J connectivity index is 1.76. The van der Waals surface area contributed by atoms with Gasteiger partial charge in [0.15, 0.2) is 17.1 Å². The molecule has 4 rings (SSSR count). The van der Waals surface area contributed by atoms with Crippen LogP contribution in [0.25, 0.3) is 11.0 Å². The Kier molecular flexibility index (Phi) is 5.48. The van der Waals surface area contributed by atoms with Crippen LogP contribution in [0.5, 0.6) is 17.2 Å². The first kappa shape index (κ1) is 20.4. The zero-order valence-electron chi connectivity index (χ0n) is 17.0. The van der Waals surface area contributed by atoms with Gasteiger partial charge in [-0.25, -0.2) is 0 Å². The molecule has 0 aliphatic carbocycles. The van der Waals surface area contributed by atoms with Crippen molar-refractivity contribution in [3.8, 4) is 17.2 Å². The summed E-state index contributed by atoms with van der Waals surface area (Å²) >= 11 is 0. The summed E-state index contributed by atoms with van der Waals surface area (Å²) < 4.78 is 47.9. The van der Waals surface area contributed by atoms with E-state index in [1.165, 1.54) is 20.3 Å². The monoisotopic (exact) mass is 432 g/mol. The van der Waals surface area contributed by atoms with Crippen molar-refractivity contribution in [2.75, 3.05) is 38.8 Å². The quantitative estimate of drug-likeness (QED) is 0.595. The molecule has 0 unspecified atom stereocenters. The zero-order chi connectivity index (χ0) is 21.3.